The quantitative estimate of drug-likeness (QED) is 0.578. The number of hydrogen-bond donors (Lipinski definition) is 1. The Hall–Kier alpha value is -0.610. The Morgan fingerprint density at radius 3 is 2.67 bits per heavy atom. The summed E-state index contributed by atoms with van der Waals surface area (Å²) in [5.74, 6) is -0.236. The highest BCUT2D eigenvalue weighted by atomic mass is 16.6. The zero-order valence-corrected chi connectivity index (χ0v) is 7.72. The fourth-order valence-corrected chi connectivity index (χ4v) is 0.920. The van der Waals surface area contributed by atoms with Crippen LogP contribution >= 0.6 is 0 Å². The molecule has 0 aromatic heterocycles. The molecule has 70 valence electrons. The molecule has 0 aliphatic carbocycles. The van der Waals surface area contributed by atoms with Gasteiger partial charge in [0.15, 0.2) is 0 Å². The largest absolute Gasteiger partial charge is 0.459 e. The lowest BCUT2D eigenvalue weighted by Gasteiger charge is -2.21. The second-order valence-electron chi connectivity index (χ2n) is 3.81. The molecule has 1 unspecified atom stereocenters. The van der Waals surface area contributed by atoms with Crippen LogP contribution in [0.4, 0.5) is 0 Å². The van der Waals surface area contributed by atoms with E-state index in [4.69, 9.17) is 9.47 Å². The minimum absolute atomic E-state index is 0.236. The fourth-order valence-electron chi connectivity index (χ4n) is 0.920. The van der Waals surface area contributed by atoms with Crippen LogP contribution in [0.5, 0.6) is 0 Å². The summed E-state index contributed by atoms with van der Waals surface area (Å²) in [5, 5.41) is 2.88. The summed E-state index contributed by atoms with van der Waals surface area (Å²) in [4.78, 5) is 11.3. The predicted octanol–water partition coefficient (Wildman–Crippen LogP) is 0.274. The van der Waals surface area contributed by atoms with Crippen LogP contribution in [0.1, 0.15) is 20.8 Å². The number of carbonyl (C=O) groups is 1. The fraction of sp³-hybridized carbons (Fsp3) is 0.875. The molecule has 0 saturated carbocycles. The first-order chi connectivity index (χ1) is 5.49. The predicted molar refractivity (Wildman–Crippen MR) is 43.6 cm³/mol. The SMILES string of the molecule is CC(C)(C)OC(=O)C1COCN1. The molecule has 0 radical (unpaired) electrons. The first kappa shape index (κ1) is 9.48. The van der Waals surface area contributed by atoms with Crippen LogP contribution in [-0.2, 0) is 14.3 Å². The molecule has 0 aromatic rings. The highest BCUT2D eigenvalue weighted by Gasteiger charge is 2.27. The summed E-state index contributed by atoms with van der Waals surface area (Å²) >= 11 is 0. The molecule has 0 amide bonds. The van der Waals surface area contributed by atoms with Crippen LogP contribution in [-0.4, -0.2) is 30.9 Å². The van der Waals surface area contributed by atoms with Crippen molar-refractivity contribution in [3.05, 3.63) is 0 Å². The Morgan fingerprint density at radius 1 is 1.58 bits per heavy atom. The van der Waals surface area contributed by atoms with E-state index in [0.717, 1.165) is 0 Å². The normalized spacial score (nSPS) is 24.1. The second kappa shape index (κ2) is 3.41. The van der Waals surface area contributed by atoms with Crippen molar-refractivity contribution in [3.63, 3.8) is 0 Å². The van der Waals surface area contributed by atoms with E-state index in [1.165, 1.54) is 0 Å². The van der Waals surface area contributed by atoms with Crippen molar-refractivity contribution in [1.29, 1.82) is 0 Å². The van der Waals surface area contributed by atoms with Gasteiger partial charge in [-0.3, -0.25) is 10.1 Å². The molecular weight excluding hydrogens is 158 g/mol. The molecule has 1 atom stereocenters. The maximum atomic E-state index is 11.3. The lowest BCUT2D eigenvalue weighted by molar-refractivity contribution is -0.157. The van der Waals surface area contributed by atoms with Crippen LogP contribution in [0.2, 0.25) is 0 Å². The number of carbonyl (C=O) groups excluding carboxylic acids is 1. The van der Waals surface area contributed by atoms with Crippen molar-refractivity contribution >= 4 is 5.97 Å². The molecule has 1 rings (SSSR count). The lowest BCUT2D eigenvalue weighted by Crippen LogP contribution is -2.38. The maximum Gasteiger partial charge on any atom is 0.326 e. The van der Waals surface area contributed by atoms with Crippen molar-refractivity contribution in [2.24, 2.45) is 0 Å². The van der Waals surface area contributed by atoms with E-state index in [2.05, 4.69) is 5.32 Å². The number of ether oxygens (including phenoxy) is 2. The number of rotatable bonds is 1. The minimum Gasteiger partial charge on any atom is -0.459 e. The smallest absolute Gasteiger partial charge is 0.326 e. The van der Waals surface area contributed by atoms with E-state index >= 15 is 0 Å². The van der Waals surface area contributed by atoms with E-state index in [1.54, 1.807) is 0 Å². The third-order valence-corrected chi connectivity index (χ3v) is 1.41. The van der Waals surface area contributed by atoms with Crippen molar-refractivity contribution in [3.8, 4) is 0 Å². The molecule has 12 heavy (non-hydrogen) atoms. The van der Waals surface area contributed by atoms with Crippen LogP contribution in [0.15, 0.2) is 0 Å². The highest BCUT2D eigenvalue weighted by Crippen LogP contribution is 2.09. The molecule has 1 fully saturated rings. The monoisotopic (exact) mass is 173 g/mol. The molecule has 1 aliphatic heterocycles. The van der Waals surface area contributed by atoms with E-state index in [0.29, 0.717) is 13.3 Å². The molecule has 0 aromatic carbocycles. The van der Waals surface area contributed by atoms with Crippen molar-refractivity contribution < 1.29 is 14.3 Å². The zero-order valence-electron chi connectivity index (χ0n) is 7.72. The van der Waals surface area contributed by atoms with Gasteiger partial charge in [0, 0.05) is 0 Å². The first-order valence-corrected chi connectivity index (χ1v) is 4.03. The summed E-state index contributed by atoms with van der Waals surface area (Å²) < 4.78 is 10.1. The van der Waals surface area contributed by atoms with Crippen LogP contribution in [0, 0.1) is 0 Å². The van der Waals surface area contributed by atoms with Gasteiger partial charge in [-0.1, -0.05) is 0 Å². The zero-order chi connectivity index (χ0) is 9.19. The van der Waals surface area contributed by atoms with E-state index in [1.807, 2.05) is 20.8 Å². The lowest BCUT2D eigenvalue weighted by atomic mass is 10.2. The van der Waals surface area contributed by atoms with Gasteiger partial charge in [-0.2, -0.15) is 0 Å². The van der Waals surface area contributed by atoms with Crippen LogP contribution in [0.25, 0.3) is 0 Å². The van der Waals surface area contributed by atoms with Crippen molar-refractivity contribution in [2.45, 2.75) is 32.4 Å². The number of nitrogens with one attached hydrogen (secondary N) is 1. The Balaban J connectivity index is 2.37. The summed E-state index contributed by atoms with van der Waals surface area (Å²) in [5.41, 5.74) is -0.415. The third-order valence-electron chi connectivity index (χ3n) is 1.41. The van der Waals surface area contributed by atoms with Gasteiger partial charge >= 0.3 is 5.97 Å². The minimum atomic E-state index is -0.415. The Labute approximate surface area is 72.2 Å². The molecule has 4 heteroatoms. The summed E-state index contributed by atoms with van der Waals surface area (Å²) in [6, 6.07) is -0.288. The molecule has 0 bridgehead atoms. The van der Waals surface area contributed by atoms with Crippen LogP contribution in [0.3, 0.4) is 0 Å². The Morgan fingerprint density at radius 2 is 2.25 bits per heavy atom. The van der Waals surface area contributed by atoms with Gasteiger partial charge in [0.2, 0.25) is 0 Å². The third kappa shape index (κ3) is 2.79. The maximum absolute atomic E-state index is 11.3. The Kier molecular flexibility index (Phi) is 2.69. The van der Waals surface area contributed by atoms with E-state index < -0.39 is 5.60 Å². The highest BCUT2D eigenvalue weighted by molar-refractivity contribution is 5.76. The average Bonchev–Trinajstić information content (AvgIpc) is 2.32. The molecular formula is C8H15NO3. The van der Waals surface area contributed by atoms with E-state index in [9.17, 15) is 4.79 Å². The number of hydrogen-bond acceptors (Lipinski definition) is 4. The topological polar surface area (TPSA) is 47.6 Å². The van der Waals surface area contributed by atoms with Gasteiger partial charge in [0.05, 0.1) is 13.3 Å². The van der Waals surface area contributed by atoms with Crippen molar-refractivity contribution in [1.82, 2.24) is 5.32 Å². The van der Waals surface area contributed by atoms with Gasteiger partial charge in [-0.15, -0.1) is 0 Å². The summed E-state index contributed by atoms with van der Waals surface area (Å²) in [6.07, 6.45) is 0. The molecule has 1 aliphatic rings. The first-order valence-electron chi connectivity index (χ1n) is 4.03. The summed E-state index contributed by atoms with van der Waals surface area (Å²) in [6.45, 7) is 6.39. The van der Waals surface area contributed by atoms with Gasteiger partial charge in [-0.25, -0.2) is 0 Å². The van der Waals surface area contributed by atoms with Gasteiger partial charge in [-0.05, 0) is 20.8 Å². The summed E-state index contributed by atoms with van der Waals surface area (Å²) in [7, 11) is 0. The van der Waals surface area contributed by atoms with Gasteiger partial charge in [0.25, 0.3) is 0 Å². The average molecular weight is 173 g/mol. The number of esters is 1. The molecule has 1 N–H and O–H groups in total. The standard InChI is InChI=1S/C8H15NO3/c1-8(2,3)12-7(10)6-4-11-5-9-6/h6,9H,4-5H2,1-3H3. The van der Waals surface area contributed by atoms with Gasteiger partial charge < -0.3 is 9.47 Å². The Bertz CT molecular complexity index is 168. The molecule has 0 spiro atoms. The molecule has 1 saturated heterocycles. The van der Waals surface area contributed by atoms with E-state index in [-0.39, 0.29) is 12.0 Å². The molecule has 1 heterocycles. The molecule has 4 nitrogen and oxygen atoms in total. The van der Waals surface area contributed by atoms with Crippen LogP contribution < -0.4 is 5.32 Å². The van der Waals surface area contributed by atoms with Crippen molar-refractivity contribution in [2.75, 3.05) is 13.3 Å². The second-order valence-corrected chi connectivity index (χ2v) is 3.81. The van der Waals surface area contributed by atoms with Gasteiger partial charge in [0.1, 0.15) is 11.6 Å².